The van der Waals surface area contributed by atoms with E-state index in [1.807, 2.05) is 6.07 Å². The van der Waals surface area contributed by atoms with Crippen LogP contribution in [0.1, 0.15) is 30.5 Å². The summed E-state index contributed by atoms with van der Waals surface area (Å²) < 4.78 is 6.54. The van der Waals surface area contributed by atoms with Gasteiger partial charge in [-0.1, -0.05) is 104 Å². The molecular weight excluding hydrogens is 534 g/mol. The fraction of sp³-hybridized carbons (Fsp3) is 0.0952. The van der Waals surface area contributed by atoms with Crippen molar-refractivity contribution in [3.05, 3.63) is 150 Å². The third-order valence-corrected chi connectivity index (χ3v) is 9.68. The molecule has 0 N–H and O–H groups in total. The van der Waals surface area contributed by atoms with E-state index in [-0.39, 0.29) is 5.41 Å². The van der Waals surface area contributed by atoms with E-state index in [1.54, 1.807) is 0 Å². The Labute approximate surface area is 256 Å². The highest BCUT2D eigenvalue weighted by atomic mass is 16.3. The number of furan rings is 1. The molecule has 0 aliphatic heterocycles. The molecule has 0 amide bonds. The molecule has 2 nitrogen and oxygen atoms in total. The van der Waals surface area contributed by atoms with E-state index in [1.165, 1.54) is 49.4 Å². The lowest BCUT2D eigenvalue weighted by atomic mass is 9.81. The van der Waals surface area contributed by atoms with Crippen LogP contribution < -0.4 is 4.90 Å². The summed E-state index contributed by atoms with van der Waals surface area (Å²) in [6.45, 7) is 6.86. The van der Waals surface area contributed by atoms with Gasteiger partial charge in [-0.25, -0.2) is 0 Å². The van der Waals surface area contributed by atoms with E-state index in [4.69, 9.17) is 4.42 Å². The number of benzene rings is 7. The molecule has 0 saturated carbocycles. The molecule has 0 fully saturated rings. The minimum absolute atomic E-state index is 0.0879. The lowest BCUT2D eigenvalue weighted by Crippen LogP contribution is -2.15. The SMILES string of the molecule is Cc1ccc(N(c2ccc3cc4c(cc3c2)C(C)(C)c2ccc3ccccc3c2-4)c2cccc3c2oc2ccccc23)cc1. The van der Waals surface area contributed by atoms with Crippen molar-refractivity contribution in [2.24, 2.45) is 0 Å². The van der Waals surface area contributed by atoms with Gasteiger partial charge in [0.2, 0.25) is 0 Å². The summed E-state index contributed by atoms with van der Waals surface area (Å²) in [4.78, 5) is 2.34. The van der Waals surface area contributed by atoms with E-state index < -0.39 is 0 Å². The smallest absolute Gasteiger partial charge is 0.159 e. The second kappa shape index (κ2) is 9.08. The molecular formula is C42H31NO. The molecule has 0 saturated heterocycles. The minimum atomic E-state index is -0.0879. The Hall–Kier alpha value is -5.34. The van der Waals surface area contributed by atoms with Gasteiger partial charge in [-0.2, -0.15) is 0 Å². The molecule has 210 valence electrons. The van der Waals surface area contributed by atoms with Crippen LogP contribution in [-0.2, 0) is 5.41 Å². The van der Waals surface area contributed by atoms with Crippen molar-refractivity contribution < 1.29 is 4.42 Å². The first-order valence-electron chi connectivity index (χ1n) is 15.4. The number of para-hydroxylation sites is 2. The fourth-order valence-corrected chi connectivity index (χ4v) is 7.41. The van der Waals surface area contributed by atoms with Crippen molar-refractivity contribution >= 4 is 60.5 Å². The maximum atomic E-state index is 6.54. The molecule has 9 rings (SSSR count). The fourth-order valence-electron chi connectivity index (χ4n) is 7.41. The zero-order valence-electron chi connectivity index (χ0n) is 25.1. The molecule has 1 heterocycles. The van der Waals surface area contributed by atoms with Crippen molar-refractivity contribution in [3.63, 3.8) is 0 Å². The number of rotatable bonds is 3. The quantitative estimate of drug-likeness (QED) is 0.212. The lowest BCUT2D eigenvalue weighted by Gasteiger charge is -2.26. The molecule has 0 bridgehead atoms. The summed E-state index contributed by atoms with van der Waals surface area (Å²) in [6, 6.07) is 48.6. The predicted molar refractivity (Wildman–Crippen MR) is 186 cm³/mol. The van der Waals surface area contributed by atoms with Crippen LogP contribution in [0.2, 0.25) is 0 Å². The molecule has 1 aliphatic carbocycles. The number of hydrogen-bond donors (Lipinski definition) is 0. The molecule has 44 heavy (non-hydrogen) atoms. The first-order chi connectivity index (χ1) is 21.5. The Morgan fingerprint density at radius 3 is 2.14 bits per heavy atom. The Morgan fingerprint density at radius 1 is 0.545 bits per heavy atom. The van der Waals surface area contributed by atoms with Crippen molar-refractivity contribution in [1.82, 2.24) is 0 Å². The highest BCUT2D eigenvalue weighted by Gasteiger charge is 2.36. The van der Waals surface area contributed by atoms with Gasteiger partial charge in [0.1, 0.15) is 5.58 Å². The Balaban J connectivity index is 1.27. The summed E-state index contributed by atoms with van der Waals surface area (Å²) in [5.74, 6) is 0. The first kappa shape index (κ1) is 25.2. The molecule has 0 spiro atoms. The number of aryl methyl sites for hydroxylation is 1. The van der Waals surface area contributed by atoms with Gasteiger partial charge in [-0.3, -0.25) is 0 Å². The van der Waals surface area contributed by atoms with Crippen molar-refractivity contribution in [2.75, 3.05) is 4.90 Å². The Kier molecular flexibility index (Phi) is 5.20. The first-order valence-corrected chi connectivity index (χ1v) is 15.4. The van der Waals surface area contributed by atoms with E-state index in [2.05, 4.69) is 153 Å². The summed E-state index contributed by atoms with van der Waals surface area (Å²) in [5.41, 5.74) is 11.7. The van der Waals surface area contributed by atoms with Gasteiger partial charge < -0.3 is 9.32 Å². The minimum Gasteiger partial charge on any atom is -0.454 e. The maximum Gasteiger partial charge on any atom is 0.159 e. The number of anilines is 3. The number of nitrogens with zero attached hydrogens (tertiary/aromatic N) is 1. The predicted octanol–water partition coefficient (Wildman–Crippen LogP) is 12.0. The summed E-state index contributed by atoms with van der Waals surface area (Å²) in [7, 11) is 0. The van der Waals surface area contributed by atoms with Crippen LogP contribution in [0.3, 0.4) is 0 Å². The molecule has 7 aromatic carbocycles. The van der Waals surface area contributed by atoms with E-state index in [0.29, 0.717) is 0 Å². The van der Waals surface area contributed by atoms with Crippen molar-refractivity contribution in [1.29, 1.82) is 0 Å². The average molecular weight is 566 g/mol. The van der Waals surface area contributed by atoms with Crippen LogP contribution >= 0.6 is 0 Å². The number of fused-ring (bicyclic) bond motifs is 9. The Bertz CT molecular complexity index is 2430. The van der Waals surface area contributed by atoms with Crippen molar-refractivity contribution in [2.45, 2.75) is 26.2 Å². The lowest BCUT2D eigenvalue weighted by molar-refractivity contribution is 0.661. The van der Waals surface area contributed by atoms with Crippen LogP contribution in [0.4, 0.5) is 17.1 Å². The van der Waals surface area contributed by atoms with Gasteiger partial charge in [0.25, 0.3) is 0 Å². The topological polar surface area (TPSA) is 16.4 Å². The molecule has 0 radical (unpaired) electrons. The normalized spacial score (nSPS) is 13.5. The van der Waals surface area contributed by atoms with E-state index in [0.717, 1.165) is 39.0 Å². The summed E-state index contributed by atoms with van der Waals surface area (Å²) >= 11 is 0. The highest BCUT2D eigenvalue weighted by Crippen LogP contribution is 2.52. The standard InChI is InChI=1S/C42H31NO/c1-26-15-19-30(20-16-26)43(38-13-8-12-34-33-11-6-7-14-39(33)44-41(34)38)31-21-17-28-24-35-37(25-29(28)23-31)42(2,3)36-22-18-27-9-4-5-10-32(27)40(35)36/h4-25H,1-3H3. The molecule has 1 aliphatic rings. The van der Waals surface area contributed by atoms with Crippen LogP contribution in [0.5, 0.6) is 0 Å². The molecule has 8 aromatic rings. The van der Waals surface area contributed by atoms with Gasteiger partial charge in [0.05, 0.1) is 5.69 Å². The van der Waals surface area contributed by atoms with Gasteiger partial charge in [-0.15, -0.1) is 0 Å². The zero-order valence-corrected chi connectivity index (χ0v) is 25.1. The third kappa shape index (κ3) is 3.55. The third-order valence-electron chi connectivity index (χ3n) is 9.68. The van der Waals surface area contributed by atoms with Crippen LogP contribution in [0, 0.1) is 6.92 Å². The monoisotopic (exact) mass is 565 g/mol. The van der Waals surface area contributed by atoms with Crippen LogP contribution in [-0.4, -0.2) is 0 Å². The average Bonchev–Trinajstić information content (AvgIpc) is 3.54. The van der Waals surface area contributed by atoms with Gasteiger partial charge in [0, 0.05) is 27.6 Å². The van der Waals surface area contributed by atoms with Gasteiger partial charge >= 0.3 is 0 Å². The number of hydrogen-bond acceptors (Lipinski definition) is 2. The van der Waals surface area contributed by atoms with Gasteiger partial charge in [-0.05, 0) is 99.3 Å². The van der Waals surface area contributed by atoms with Crippen molar-refractivity contribution in [3.8, 4) is 11.1 Å². The van der Waals surface area contributed by atoms with Crippen LogP contribution in [0.25, 0.3) is 54.6 Å². The largest absolute Gasteiger partial charge is 0.454 e. The highest BCUT2D eigenvalue weighted by molar-refractivity contribution is 6.11. The molecule has 0 unspecified atom stereocenters. The molecule has 2 heteroatoms. The summed E-state index contributed by atoms with van der Waals surface area (Å²) in [6.07, 6.45) is 0. The van der Waals surface area contributed by atoms with Gasteiger partial charge in [0.15, 0.2) is 5.58 Å². The van der Waals surface area contributed by atoms with E-state index >= 15 is 0 Å². The maximum absolute atomic E-state index is 6.54. The second-order valence-electron chi connectivity index (χ2n) is 12.7. The van der Waals surface area contributed by atoms with Crippen LogP contribution in [0.15, 0.2) is 138 Å². The second-order valence-corrected chi connectivity index (χ2v) is 12.7. The molecule has 0 atom stereocenters. The summed E-state index contributed by atoms with van der Waals surface area (Å²) in [5, 5.41) is 7.36. The zero-order chi connectivity index (χ0) is 29.6. The Morgan fingerprint density at radius 2 is 1.27 bits per heavy atom. The molecule has 1 aromatic heterocycles. The van der Waals surface area contributed by atoms with E-state index in [9.17, 15) is 0 Å².